The number of carbonyl (C=O) groups is 1. The van der Waals surface area contributed by atoms with Crippen molar-refractivity contribution in [3.63, 3.8) is 0 Å². The number of hydrogen-bond donors (Lipinski definition) is 3. The van der Waals surface area contributed by atoms with Crippen LogP contribution in [0.15, 0.2) is 59.0 Å². The van der Waals surface area contributed by atoms with E-state index in [0.29, 0.717) is 22.7 Å². The van der Waals surface area contributed by atoms with Crippen molar-refractivity contribution in [2.45, 2.75) is 13.5 Å². The van der Waals surface area contributed by atoms with Crippen LogP contribution in [-0.4, -0.2) is 22.8 Å². The van der Waals surface area contributed by atoms with Crippen molar-refractivity contribution in [3.8, 4) is 17.1 Å². The normalized spacial score (nSPS) is 11.3. The fourth-order valence-electron chi connectivity index (χ4n) is 2.90. The van der Waals surface area contributed by atoms with Gasteiger partial charge < -0.3 is 29.6 Å². The Balaban J connectivity index is 1.97. The first kappa shape index (κ1) is 20.7. The van der Waals surface area contributed by atoms with E-state index in [1.165, 1.54) is 26.2 Å². The third-order valence-electron chi connectivity index (χ3n) is 4.33. The highest BCUT2D eigenvalue weighted by Gasteiger charge is 2.23. The van der Waals surface area contributed by atoms with Gasteiger partial charge in [0.2, 0.25) is 11.4 Å². The van der Waals surface area contributed by atoms with Gasteiger partial charge in [0.25, 0.3) is 0 Å². The van der Waals surface area contributed by atoms with Gasteiger partial charge in [-0.25, -0.2) is 0 Å². The number of nitrogen functional groups attached to an aromatic ring is 1. The molecule has 29 heavy (non-hydrogen) atoms. The number of carbonyl (C=O) groups excluding carboxylic acids is 1. The number of hydrogen-bond acceptors (Lipinski definition) is 5. The Hall–Kier alpha value is -3.06. The topological polar surface area (TPSA) is 126 Å². The van der Waals surface area contributed by atoms with Crippen molar-refractivity contribution >= 4 is 30.4 Å². The van der Waals surface area contributed by atoms with Crippen LogP contribution in [-0.2, 0) is 15.9 Å². The van der Waals surface area contributed by atoms with Crippen molar-refractivity contribution in [3.05, 3.63) is 60.2 Å². The van der Waals surface area contributed by atoms with E-state index < -0.39 is 13.1 Å². The summed E-state index contributed by atoms with van der Waals surface area (Å²) in [5, 5.41) is 0. The van der Waals surface area contributed by atoms with E-state index in [2.05, 4.69) is 0 Å². The number of amides is 1. The maximum absolute atomic E-state index is 12.2. The predicted molar refractivity (Wildman–Crippen MR) is 110 cm³/mol. The van der Waals surface area contributed by atoms with E-state index in [0.717, 1.165) is 5.56 Å². The van der Waals surface area contributed by atoms with Crippen LogP contribution in [0.3, 0.4) is 0 Å². The zero-order chi connectivity index (χ0) is 21.2. The van der Waals surface area contributed by atoms with Crippen LogP contribution in [0.5, 0.6) is 5.75 Å². The highest BCUT2D eigenvalue weighted by Crippen LogP contribution is 2.38. The predicted octanol–water partition coefficient (Wildman–Crippen LogP) is 2.89. The first-order valence-electron chi connectivity index (χ1n) is 8.66. The number of nitrogens with zero attached hydrogens (tertiary/aromatic N) is 1. The number of furan rings is 1. The van der Waals surface area contributed by atoms with Crippen molar-refractivity contribution in [1.82, 2.24) is 0 Å². The van der Waals surface area contributed by atoms with Crippen LogP contribution in [0.2, 0.25) is 0 Å². The lowest BCUT2D eigenvalue weighted by atomic mass is 10.1. The van der Waals surface area contributed by atoms with Gasteiger partial charge in [0.1, 0.15) is 11.5 Å². The van der Waals surface area contributed by atoms with E-state index in [1.807, 2.05) is 6.07 Å². The van der Waals surface area contributed by atoms with Crippen molar-refractivity contribution in [2.24, 2.45) is 0 Å². The van der Waals surface area contributed by atoms with Crippen LogP contribution >= 0.6 is 7.60 Å². The standard InChI is InChI=1S/C20H21N2O6P/c1-13(23)22(16-6-4-15(21)5-7-16)12-14-3-8-18(27-2)17(11-14)19-9-10-20(28-19)29(24,25)26/h3-11H,12,21H2,1-2H3,(H2,24,25,26). The average Bonchev–Trinajstić information content (AvgIpc) is 3.17. The first-order chi connectivity index (χ1) is 13.7. The minimum Gasteiger partial charge on any atom is -0.496 e. The van der Waals surface area contributed by atoms with Gasteiger partial charge >= 0.3 is 7.60 Å². The molecule has 1 aromatic heterocycles. The molecule has 0 spiro atoms. The van der Waals surface area contributed by atoms with Gasteiger partial charge in [-0.15, -0.1) is 0 Å². The molecule has 0 aliphatic carbocycles. The summed E-state index contributed by atoms with van der Waals surface area (Å²) in [7, 11) is -3.02. The van der Waals surface area contributed by atoms with Gasteiger partial charge in [0.15, 0.2) is 0 Å². The molecule has 0 radical (unpaired) electrons. The Bertz CT molecular complexity index is 1070. The van der Waals surface area contributed by atoms with E-state index in [1.54, 1.807) is 41.3 Å². The Labute approximate surface area is 167 Å². The molecule has 152 valence electrons. The highest BCUT2D eigenvalue weighted by molar-refractivity contribution is 7.59. The molecule has 3 rings (SSSR count). The number of methoxy groups -OCH3 is 1. The smallest absolute Gasteiger partial charge is 0.391 e. The second-order valence-electron chi connectivity index (χ2n) is 6.41. The van der Waals surface area contributed by atoms with Gasteiger partial charge in [-0.1, -0.05) is 6.07 Å². The summed E-state index contributed by atoms with van der Waals surface area (Å²) in [4.78, 5) is 32.4. The van der Waals surface area contributed by atoms with Gasteiger partial charge in [0.05, 0.1) is 19.2 Å². The lowest BCUT2D eigenvalue weighted by Gasteiger charge is -2.22. The monoisotopic (exact) mass is 416 g/mol. The molecule has 0 aliphatic rings. The second-order valence-corrected chi connectivity index (χ2v) is 7.94. The van der Waals surface area contributed by atoms with E-state index in [9.17, 15) is 19.1 Å². The van der Waals surface area contributed by atoms with Gasteiger partial charge in [-0.3, -0.25) is 9.36 Å². The molecule has 0 bridgehead atoms. The maximum atomic E-state index is 12.2. The summed E-state index contributed by atoms with van der Waals surface area (Å²) in [5.41, 5.74) is 7.90. The minimum atomic E-state index is -4.50. The molecular weight excluding hydrogens is 395 g/mol. The number of nitrogens with two attached hydrogens (primary N) is 1. The summed E-state index contributed by atoms with van der Waals surface area (Å²) in [6.07, 6.45) is 0. The summed E-state index contributed by atoms with van der Waals surface area (Å²) in [6.45, 7) is 1.75. The molecule has 4 N–H and O–H groups in total. The van der Waals surface area contributed by atoms with Crippen LogP contribution < -0.4 is 20.9 Å². The largest absolute Gasteiger partial charge is 0.496 e. The van der Waals surface area contributed by atoms with E-state index in [-0.39, 0.29) is 18.2 Å². The Morgan fingerprint density at radius 1 is 1.14 bits per heavy atom. The number of ether oxygens (including phenoxy) is 1. The zero-order valence-electron chi connectivity index (χ0n) is 15.9. The fourth-order valence-corrected chi connectivity index (χ4v) is 3.38. The first-order valence-corrected chi connectivity index (χ1v) is 10.3. The van der Waals surface area contributed by atoms with E-state index in [4.69, 9.17) is 14.9 Å². The van der Waals surface area contributed by atoms with Crippen LogP contribution in [0.4, 0.5) is 11.4 Å². The lowest BCUT2D eigenvalue weighted by molar-refractivity contribution is -0.116. The molecule has 2 aromatic carbocycles. The molecule has 0 unspecified atom stereocenters. The zero-order valence-corrected chi connectivity index (χ0v) is 16.8. The van der Waals surface area contributed by atoms with E-state index >= 15 is 0 Å². The Morgan fingerprint density at radius 3 is 2.38 bits per heavy atom. The van der Waals surface area contributed by atoms with Gasteiger partial charge in [0, 0.05) is 18.3 Å². The third kappa shape index (κ3) is 4.68. The maximum Gasteiger partial charge on any atom is 0.391 e. The Morgan fingerprint density at radius 2 is 1.83 bits per heavy atom. The Kier molecular flexibility index (Phi) is 5.79. The SMILES string of the molecule is COc1ccc(CN(C(C)=O)c2ccc(N)cc2)cc1-c1ccc(P(=O)(O)O)o1. The summed E-state index contributed by atoms with van der Waals surface area (Å²) in [6, 6.07) is 15.0. The average molecular weight is 416 g/mol. The summed E-state index contributed by atoms with van der Waals surface area (Å²) in [5.74, 6) is 0.583. The molecule has 0 aliphatic heterocycles. The summed E-state index contributed by atoms with van der Waals surface area (Å²) < 4.78 is 22.1. The van der Waals surface area contributed by atoms with Crippen molar-refractivity contribution in [1.29, 1.82) is 0 Å². The van der Waals surface area contributed by atoms with Crippen molar-refractivity contribution in [2.75, 3.05) is 17.7 Å². The minimum absolute atomic E-state index is 0.145. The third-order valence-corrected chi connectivity index (χ3v) is 5.15. The van der Waals surface area contributed by atoms with Crippen LogP contribution in [0.1, 0.15) is 12.5 Å². The molecule has 0 atom stereocenters. The van der Waals surface area contributed by atoms with Gasteiger partial charge in [-0.05, 0) is 54.1 Å². The molecular formula is C20H21N2O6P. The molecule has 8 nitrogen and oxygen atoms in total. The second kappa shape index (κ2) is 8.13. The molecule has 1 amide bonds. The number of rotatable bonds is 6. The van der Waals surface area contributed by atoms with Gasteiger partial charge in [-0.2, -0.15) is 0 Å². The molecule has 0 fully saturated rings. The molecule has 1 heterocycles. The molecule has 0 saturated carbocycles. The number of anilines is 2. The lowest BCUT2D eigenvalue weighted by Crippen LogP contribution is -2.27. The molecule has 0 saturated heterocycles. The summed E-state index contributed by atoms with van der Waals surface area (Å²) >= 11 is 0. The van der Waals surface area contributed by atoms with Crippen molar-refractivity contribution < 1.29 is 28.3 Å². The fraction of sp³-hybridized carbons (Fsp3) is 0.150. The molecule has 3 aromatic rings. The number of benzene rings is 2. The van der Waals surface area contributed by atoms with Crippen LogP contribution in [0.25, 0.3) is 11.3 Å². The highest BCUT2D eigenvalue weighted by atomic mass is 31.2. The van der Waals surface area contributed by atoms with Crippen LogP contribution in [0, 0.1) is 0 Å². The molecule has 9 heteroatoms. The quantitative estimate of drug-likeness (QED) is 0.417.